The van der Waals surface area contributed by atoms with Crippen LogP contribution in [0.3, 0.4) is 0 Å². The first kappa shape index (κ1) is 15.9. The Morgan fingerprint density at radius 2 is 1.77 bits per heavy atom. The molecule has 1 aromatic carbocycles. The summed E-state index contributed by atoms with van der Waals surface area (Å²) in [4.78, 5) is 36.2. The van der Waals surface area contributed by atoms with E-state index in [0.29, 0.717) is 25.9 Å². The van der Waals surface area contributed by atoms with E-state index in [-0.39, 0.29) is 11.1 Å². The minimum absolute atomic E-state index is 0.0359. The summed E-state index contributed by atoms with van der Waals surface area (Å²) >= 11 is 0. The lowest BCUT2D eigenvalue weighted by atomic mass is 9.96. The molecule has 1 N–H and O–H groups in total. The zero-order chi connectivity index (χ0) is 16.3. The van der Waals surface area contributed by atoms with Crippen molar-refractivity contribution in [3.8, 4) is 0 Å². The number of esters is 1. The second-order valence-corrected chi connectivity index (χ2v) is 5.12. The molecule has 7 heteroatoms. The molecule has 0 aromatic heterocycles. The van der Waals surface area contributed by atoms with E-state index in [0.717, 1.165) is 12.1 Å². The first-order chi connectivity index (χ1) is 10.4. The van der Waals surface area contributed by atoms with Crippen molar-refractivity contribution in [2.45, 2.75) is 12.8 Å². The summed E-state index contributed by atoms with van der Waals surface area (Å²) < 4.78 is 18.1. The SMILES string of the molecule is COC(=O)c1cc(F)cc(C(=O)N2CCC(C(=O)O)CC2)c1. The van der Waals surface area contributed by atoms with Gasteiger partial charge >= 0.3 is 11.9 Å². The molecule has 0 bridgehead atoms. The van der Waals surface area contributed by atoms with Crippen LogP contribution in [0, 0.1) is 11.7 Å². The van der Waals surface area contributed by atoms with Crippen molar-refractivity contribution in [1.29, 1.82) is 0 Å². The van der Waals surface area contributed by atoms with E-state index in [9.17, 15) is 18.8 Å². The van der Waals surface area contributed by atoms with E-state index in [4.69, 9.17) is 5.11 Å². The number of likely N-dealkylation sites (tertiary alicyclic amines) is 1. The maximum atomic E-state index is 13.6. The van der Waals surface area contributed by atoms with Crippen LogP contribution in [0.4, 0.5) is 4.39 Å². The van der Waals surface area contributed by atoms with Gasteiger partial charge in [0.05, 0.1) is 18.6 Å². The van der Waals surface area contributed by atoms with E-state index in [1.807, 2.05) is 0 Å². The van der Waals surface area contributed by atoms with Gasteiger partial charge in [-0.1, -0.05) is 0 Å². The third-order valence-corrected chi connectivity index (χ3v) is 3.70. The lowest BCUT2D eigenvalue weighted by Crippen LogP contribution is -2.40. The van der Waals surface area contributed by atoms with Crippen LogP contribution in [-0.4, -0.2) is 48.1 Å². The lowest BCUT2D eigenvalue weighted by molar-refractivity contribution is -0.143. The number of nitrogens with zero attached hydrogens (tertiary/aromatic N) is 1. The number of amides is 1. The minimum atomic E-state index is -0.870. The number of benzene rings is 1. The molecule has 1 aliphatic rings. The Morgan fingerprint density at radius 1 is 1.18 bits per heavy atom. The Kier molecular flexibility index (Phi) is 4.75. The fourth-order valence-electron chi connectivity index (χ4n) is 2.46. The highest BCUT2D eigenvalue weighted by atomic mass is 19.1. The Hall–Kier alpha value is -2.44. The number of piperidine rings is 1. The van der Waals surface area contributed by atoms with Gasteiger partial charge in [-0.25, -0.2) is 9.18 Å². The minimum Gasteiger partial charge on any atom is -0.481 e. The van der Waals surface area contributed by atoms with E-state index in [1.54, 1.807) is 0 Å². The molecule has 0 unspecified atom stereocenters. The Labute approximate surface area is 126 Å². The average molecular weight is 309 g/mol. The topological polar surface area (TPSA) is 83.9 Å². The van der Waals surface area contributed by atoms with Gasteiger partial charge in [0.25, 0.3) is 5.91 Å². The van der Waals surface area contributed by atoms with Gasteiger partial charge in [0.2, 0.25) is 0 Å². The summed E-state index contributed by atoms with van der Waals surface area (Å²) in [6.07, 6.45) is 0.723. The first-order valence-electron chi connectivity index (χ1n) is 6.83. The van der Waals surface area contributed by atoms with Gasteiger partial charge in [-0.15, -0.1) is 0 Å². The van der Waals surface area contributed by atoms with Crippen LogP contribution in [-0.2, 0) is 9.53 Å². The largest absolute Gasteiger partial charge is 0.481 e. The molecule has 1 amide bonds. The zero-order valence-electron chi connectivity index (χ0n) is 12.0. The molecule has 1 saturated heterocycles. The Bertz CT molecular complexity index is 608. The third-order valence-electron chi connectivity index (χ3n) is 3.70. The summed E-state index contributed by atoms with van der Waals surface area (Å²) in [6.45, 7) is 0.583. The number of rotatable bonds is 3. The number of hydrogen-bond acceptors (Lipinski definition) is 4. The fraction of sp³-hybridized carbons (Fsp3) is 0.400. The van der Waals surface area contributed by atoms with Gasteiger partial charge < -0.3 is 14.7 Å². The number of carbonyl (C=O) groups is 3. The van der Waals surface area contributed by atoms with Gasteiger partial charge in [-0.3, -0.25) is 9.59 Å². The van der Waals surface area contributed by atoms with Crippen LogP contribution >= 0.6 is 0 Å². The predicted octanol–water partition coefficient (Wildman–Crippen LogP) is 1.55. The number of hydrogen-bond donors (Lipinski definition) is 1. The third kappa shape index (κ3) is 3.41. The molecular formula is C15H16FNO5. The van der Waals surface area contributed by atoms with Gasteiger partial charge in [0, 0.05) is 18.7 Å². The van der Waals surface area contributed by atoms with Crippen molar-refractivity contribution in [2.24, 2.45) is 5.92 Å². The van der Waals surface area contributed by atoms with E-state index >= 15 is 0 Å². The first-order valence-corrected chi connectivity index (χ1v) is 6.83. The second kappa shape index (κ2) is 6.55. The van der Waals surface area contributed by atoms with Crippen LogP contribution in [0.2, 0.25) is 0 Å². The van der Waals surface area contributed by atoms with Crippen LogP contribution in [0.5, 0.6) is 0 Å². The highest BCUT2D eigenvalue weighted by Gasteiger charge is 2.28. The zero-order valence-corrected chi connectivity index (χ0v) is 12.0. The maximum Gasteiger partial charge on any atom is 0.337 e. The molecule has 1 aromatic rings. The van der Waals surface area contributed by atoms with Crippen LogP contribution in [0.1, 0.15) is 33.6 Å². The van der Waals surface area contributed by atoms with Crippen molar-refractivity contribution < 1.29 is 28.6 Å². The predicted molar refractivity (Wildman–Crippen MR) is 74.0 cm³/mol. The molecule has 0 saturated carbocycles. The number of carboxylic acids is 1. The number of aliphatic carboxylic acids is 1. The molecule has 1 aliphatic heterocycles. The fourth-order valence-corrected chi connectivity index (χ4v) is 2.46. The molecule has 0 atom stereocenters. The van der Waals surface area contributed by atoms with Crippen LogP contribution in [0.25, 0.3) is 0 Å². The number of carbonyl (C=O) groups excluding carboxylic acids is 2. The van der Waals surface area contributed by atoms with Gasteiger partial charge in [0.15, 0.2) is 0 Å². The van der Waals surface area contributed by atoms with E-state index < -0.39 is 29.6 Å². The molecule has 2 rings (SSSR count). The van der Waals surface area contributed by atoms with Gasteiger partial charge in [-0.05, 0) is 31.0 Å². The summed E-state index contributed by atoms with van der Waals surface area (Å²) in [5, 5.41) is 8.94. The summed E-state index contributed by atoms with van der Waals surface area (Å²) in [7, 11) is 1.17. The van der Waals surface area contributed by atoms with Crippen molar-refractivity contribution in [3.63, 3.8) is 0 Å². The Morgan fingerprint density at radius 3 is 2.32 bits per heavy atom. The summed E-state index contributed by atoms with van der Waals surface area (Å²) in [5.41, 5.74) is 0.0143. The number of methoxy groups -OCH3 is 1. The van der Waals surface area contributed by atoms with Crippen LogP contribution in [0.15, 0.2) is 18.2 Å². The van der Waals surface area contributed by atoms with Crippen molar-refractivity contribution >= 4 is 17.8 Å². The summed E-state index contributed by atoms with van der Waals surface area (Å²) in [5.74, 6) is -3.17. The molecular weight excluding hydrogens is 293 g/mol. The standard InChI is InChI=1S/C15H16FNO5/c1-22-15(21)11-6-10(7-12(16)8-11)13(18)17-4-2-9(3-5-17)14(19)20/h6-9H,2-5H2,1H3,(H,19,20). The highest BCUT2D eigenvalue weighted by Crippen LogP contribution is 2.20. The monoisotopic (exact) mass is 309 g/mol. The van der Waals surface area contributed by atoms with Crippen LogP contribution < -0.4 is 0 Å². The average Bonchev–Trinajstić information content (AvgIpc) is 2.52. The molecule has 1 heterocycles. The van der Waals surface area contributed by atoms with Gasteiger partial charge in [0.1, 0.15) is 5.82 Å². The smallest absolute Gasteiger partial charge is 0.337 e. The van der Waals surface area contributed by atoms with E-state index in [2.05, 4.69) is 4.74 Å². The maximum absolute atomic E-state index is 13.6. The number of ether oxygens (including phenoxy) is 1. The quantitative estimate of drug-likeness (QED) is 0.856. The van der Waals surface area contributed by atoms with Crippen molar-refractivity contribution in [1.82, 2.24) is 4.90 Å². The molecule has 0 radical (unpaired) electrons. The van der Waals surface area contributed by atoms with Gasteiger partial charge in [-0.2, -0.15) is 0 Å². The number of halogens is 1. The van der Waals surface area contributed by atoms with Crippen molar-refractivity contribution in [2.75, 3.05) is 20.2 Å². The summed E-state index contributed by atoms with van der Waals surface area (Å²) in [6, 6.07) is 3.33. The Balaban J connectivity index is 2.15. The molecule has 0 aliphatic carbocycles. The highest BCUT2D eigenvalue weighted by molar-refractivity contribution is 5.98. The molecule has 22 heavy (non-hydrogen) atoms. The van der Waals surface area contributed by atoms with E-state index in [1.165, 1.54) is 18.1 Å². The molecule has 0 spiro atoms. The molecule has 6 nitrogen and oxygen atoms in total. The van der Waals surface area contributed by atoms with Crippen molar-refractivity contribution in [3.05, 3.63) is 35.1 Å². The number of carboxylic acid groups (broad SMARTS) is 1. The molecule has 118 valence electrons. The second-order valence-electron chi connectivity index (χ2n) is 5.12. The molecule has 1 fully saturated rings. The lowest BCUT2D eigenvalue weighted by Gasteiger charge is -2.30. The normalized spacial score (nSPS) is 15.5.